The summed E-state index contributed by atoms with van der Waals surface area (Å²) in [7, 11) is 0. The molecule has 4 nitrogen and oxygen atoms in total. The lowest BCUT2D eigenvalue weighted by molar-refractivity contribution is 0.332. The number of hydrogen-bond acceptors (Lipinski definition) is 3. The summed E-state index contributed by atoms with van der Waals surface area (Å²) in [4.78, 5) is 5.45. The van der Waals surface area contributed by atoms with E-state index in [0.29, 0.717) is 0 Å². The molecule has 0 bridgehead atoms. The summed E-state index contributed by atoms with van der Waals surface area (Å²) in [6.45, 7) is 40.6. The molecule has 1 aliphatic carbocycles. The van der Waals surface area contributed by atoms with Crippen molar-refractivity contribution in [1.29, 1.82) is 0 Å². The summed E-state index contributed by atoms with van der Waals surface area (Å²) in [5, 5.41) is 4.87. The highest BCUT2D eigenvalue weighted by atomic mass is 16.3. The van der Waals surface area contributed by atoms with E-state index in [1.165, 1.54) is 134 Å². The smallest absolute Gasteiger partial charge is 0.252 e. The van der Waals surface area contributed by atoms with Crippen molar-refractivity contribution in [2.75, 3.05) is 9.80 Å². The zero-order chi connectivity index (χ0) is 58.4. The van der Waals surface area contributed by atoms with Gasteiger partial charge in [0, 0.05) is 55.5 Å². The Morgan fingerprint density at radius 1 is 0.434 bits per heavy atom. The SMILES string of the molecule is Cc1cc(-c2cccc3c2oc2ccccc23)cc(C)c1N1c2cc3c(cc2B2c4cc5c6cc(C(C)(C)C)ccc6n(-c6ccccc6)c5cc4N(c4c(C)cc(C(C)(C)C)cc4C)c4cc(C(C)(C)C)cc1c42)C(C)(C)CCC3(C)C. The van der Waals surface area contributed by atoms with Crippen molar-refractivity contribution in [3.8, 4) is 16.8 Å². The molecule has 0 unspecified atom stereocenters. The average molecular weight is 1090 g/mol. The van der Waals surface area contributed by atoms with Crippen LogP contribution in [0.5, 0.6) is 0 Å². The number of nitrogens with zero attached hydrogens (tertiary/aromatic N) is 3. The monoisotopic (exact) mass is 1090 g/mol. The van der Waals surface area contributed by atoms with Gasteiger partial charge in [0.1, 0.15) is 11.2 Å². The maximum Gasteiger partial charge on any atom is 0.252 e. The van der Waals surface area contributed by atoms with Crippen LogP contribution in [-0.2, 0) is 27.1 Å². The van der Waals surface area contributed by atoms with Gasteiger partial charge >= 0.3 is 0 Å². The van der Waals surface area contributed by atoms with Crippen molar-refractivity contribution in [3.05, 3.63) is 202 Å². The number of para-hydroxylation sites is 3. The molecule has 11 aromatic rings. The fourth-order valence-electron chi connectivity index (χ4n) is 15.0. The Morgan fingerprint density at radius 3 is 1.57 bits per heavy atom. The Balaban J connectivity index is 1.13. The van der Waals surface area contributed by atoms with Gasteiger partial charge in [0.05, 0.1) is 22.4 Å². The Morgan fingerprint density at radius 2 is 0.952 bits per heavy atom. The summed E-state index contributed by atoms with van der Waals surface area (Å²) < 4.78 is 9.26. The summed E-state index contributed by atoms with van der Waals surface area (Å²) in [5.74, 6) is 0. The van der Waals surface area contributed by atoms with Crippen LogP contribution in [-0.4, -0.2) is 11.3 Å². The Bertz CT molecular complexity index is 4510. The Hall–Kier alpha value is -7.76. The standard InChI is InChI=1S/C78H80BN3O/c1-45-34-49(54-27-23-28-56-55-26-21-22-29-69(55)83-73(54)56)35-46(2)71(45)81-65-43-60-59(77(14,15)32-33-78(60,16)17)42-62(65)79-61-41-58-57-38-50(74(5,6)7)30-31-63(57)80(53-24-19-18-20-25-53)64(58)44-66(61)82(68-40-52(76(11,12)13)39-67(81)70(68)79)72-47(3)36-51(37-48(72)4)75(8,9)10/h18-31,34-44H,32-33H2,1-17H3. The molecule has 0 saturated heterocycles. The maximum atomic E-state index is 6.73. The molecule has 9 aromatic carbocycles. The lowest BCUT2D eigenvalue weighted by Crippen LogP contribution is -2.62. The van der Waals surface area contributed by atoms with Crippen molar-refractivity contribution in [2.24, 2.45) is 0 Å². The molecule has 0 fully saturated rings. The first-order valence-corrected chi connectivity index (χ1v) is 30.5. The quantitative estimate of drug-likeness (QED) is 0.164. The van der Waals surface area contributed by atoms with Crippen LogP contribution in [0.25, 0.3) is 60.6 Å². The van der Waals surface area contributed by atoms with Gasteiger partial charge in [-0.2, -0.15) is 0 Å². The lowest BCUT2D eigenvalue weighted by atomic mass is 9.33. The predicted octanol–water partition coefficient (Wildman–Crippen LogP) is 19.9. The van der Waals surface area contributed by atoms with Gasteiger partial charge in [0.15, 0.2) is 0 Å². The van der Waals surface area contributed by atoms with Gasteiger partial charge in [0.25, 0.3) is 6.71 Å². The predicted molar refractivity (Wildman–Crippen MR) is 358 cm³/mol. The fraction of sp³-hybridized carbons (Fsp3) is 0.308. The molecule has 83 heavy (non-hydrogen) atoms. The van der Waals surface area contributed by atoms with E-state index in [4.69, 9.17) is 4.42 Å². The molecule has 0 amide bonds. The minimum Gasteiger partial charge on any atom is -0.455 e. The molecule has 4 heterocycles. The zero-order valence-electron chi connectivity index (χ0n) is 52.2. The van der Waals surface area contributed by atoms with Gasteiger partial charge in [-0.25, -0.2) is 0 Å². The summed E-state index contributed by atoms with van der Waals surface area (Å²) in [6, 6.07) is 59.0. The van der Waals surface area contributed by atoms with E-state index in [1.54, 1.807) is 0 Å². The van der Waals surface area contributed by atoms with Crippen LogP contribution in [0.2, 0.25) is 0 Å². The zero-order valence-corrected chi connectivity index (χ0v) is 52.2. The number of aromatic nitrogens is 1. The van der Waals surface area contributed by atoms with Gasteiger partial charge in [-0.05, 0) is 206 Å². The number of benzene rings is 9. The molecule has 0 spiro atoms. The Labute approximate surface area is 493 Å². The van der Waals surface area contributed by atoms with E-state index in [2.05, 4.69) is 284 Å². The second kappa shape index (κ2) is 17.9. The molecule has 2 aliphatic heterocycles. The first-order chi connectivity index (χ1) is 39.2. The van der Waals surface area contributed by atoms with Crippen molar-refractivity contribution < 1.29 is 4.42 Å². The first kappa shape index (κ1) is 53.3. The van der Waals surface area contributed by atoms with Crippen LogP contribution in [0.15, 0.2) is 156 Å². The minimum absolute atomic E-state index is 0.0158. The normalized spacial score (nSPS) is 15.6. The third-order valence-electron chi connectivity index (χ3n) is 19.7. The van der Waals surface area contributed by atoms with E-state index in [9.17, 15) is 0 Å². The highest BCUT2D eigenvalue weighted by Gasteiger charge is 2.48. The van der Waals surface area contributed by atoms with E-state index in [0.717, 1.165) is 40.3 Å². The van der Waals surface area contributed by atoms with Gasteiger partial charge in [-0.3, -0.25) is 0 Å². The van der Waals surface area contributed by atoms with Crippen LogP contribution in [0, 0.1) is 27.7 Å². The van der Waals surface area contributed by atoms with Crippen molar-refractivity contribution in [3.63, 3.8) is 0 Å². The number of anilines is 6. The largest absolute Gasteiger partial charge is 0.455 e. The molecular weight excluding hydrogens is 1010 g/mol. The first-order valence-electron chi connectivity index (χ1n) is 30.5. The number of furan rings is 1. The van der Waals surface area contributed by atoms with E-state index in [-0.39, 0.29) is 33.8 Å². The van der Waals surface area contributed by atoms with Gasteiger partial charge in [0.2, 0.25) is 0 Å². The van der Waals surface area contributed by atoms with Crippen molar-refractivity contribution in [1.82, 2.24) is 4.57 Å². The molecule has 0 atom stereocenters. The highest BCUT2D eigenvalue weighted by Crippen LogP contribution is 2.54. The molecule has 5 heteroatoms. The molecule has 14 rings (SSSR count). The topological polar surface area (TPSA) is 24.6 Å². The minimum atomic E-state index is -0.186. The molecule has 2 aromatic heterocycles. The lowest BCUT2D eigenvalue weighted by Gasteiger charge is -2.48. The van der Waals surface area contributed by atoms with Crippen molar-refractivity contribution in [2.45, 2.75) is 158 Å². The van der Waals surface area contributed by atoms with Gasteiger partial charge < -0.3 is 18.8 Å². The van der Waals surface area contributed by atoms with E-state index < -0.39 is 0 Å². The van der Waals surface area contributed by atoms with Crippen LogP contribution >= 0.6 is 0 Å². The van der Waals surface area contributed by atoms with Gasteiger partial charge in [-0.1, -0.05) is 175 Å². The molecule has 3 aliphatic rings. The summed E-state index contributed by atoms with van der Waals surface area (Å²) in [6.07, 6.45) is 2.27. The number of fused-ring (bicyclic) bond motifs is 11. The van der Waals surface area contributed by atoms with E-state index in [1.807, 2.05) is 0 Å². The van der Waals surface area contributed by atoms with Crippen LogP contribution in [0.4, 0.5) is 34.1 Å². The number of aryl methyl sites for hydroxylation is 4. The second-order valence-corrected chi connectivity index (χ2v) is 29.5. The van der Waals surface area contributed by atoms with Crippen LogP contribution < -0.4 is 26.2 Å². The number of rotatable bonds is 4. The van der Waals surface area contributed by atoms with Gasteiger partial charge in [-0.15, -0.1) is 0 Å². The highest BCUT2D eigenvalue weighted by molar-refractivity contribution is 7.00. The van der Waals surface area contributed by atoms with Crippen LogP contribution in [0.3, 0.4) is 0 Å². The second-order valence-electron chi connectivity index (χ2n) is 29.5. The molecule has 0 radical (unpaired) electrons. The summed E-state index contributed by atoms with van der Waals surface area (Å²) in [5.41, 5.74) is 31.1. The maximum absolute atomic E-state index is 6.73. The third kappa shape index (κ3) is 8.06. The third-order valence-corrected chi connectivity index (χ3v) is 19.7. The molecule has 0 N–H and O–H groups in total. The van der Waals surface area contributed by atoms with E-state index >= 15 is 0 Å². The molecule has 0 saturated carbocycles. The summed E-state index contributed by atoms with van der Waals surface area (Å²) >= 11 is 0. The average Bonchev–Trinajstić information content (AvgIpc) is 1.48. The fourth-order valence-corrected chi connectivity index (χ4v) is 15.0. The Kier molecular flexibility index (Phi) is 11.5. The van der Waals surface area contributed by atoms with Crippen LogP contribution in [0.1, 0.15) is 153 Å². The van der Waals surface area contributed by atoms with Crippen molar-refractivity contribution >= 4 is 101 Å². The number of hydrogen-bond donors (Lipinski definition) is 0. The molecular formula is C78H80BN3O. The molecule has 416 valence electrons.